The van der Waals surface area contributed by atoms with Gasteiger partial charge in [-0.3, -0.25) is 4.79 Å². The van der Waals surface area contributed by atoms with Gasteiger partial charge in [0.1, 0.15) is 0 Å². The van der Waals surface area contributed by atoms with Crippen molar-refractivity contribution in [1.82, 2.24) is 10.2 Å². The summed E-state index contributed by atoms with van der Waals surface area (Å²) < 4.78 is 0.888. The van der Waals surface area contributed by atoms with Crippen LogP contribution in [0.4, 0.5) is 0 Å². The van der Waals surface area contributed by atoms with Gasteiger partial charge in [-0.05, 0) is 40.9 Å². The molecule has 3 rings (SSSR count). The van der Waals surface area contributed by atoms with Crippen molar-refractivity contribution in [3.63, 3.8) is 0 Å². The van der Waals surface area contributed by atoms with Crippen LogP contribution in [0.1, 0.15) is 23.2 Å². The molecule has 1 aliphatic heterocycles. The Kier molecular flexibility index (Phi) is 2.71. The number of carbonyl (C=O) groups is 1. The van der Waals surface area contributed by atoms with E-state index in [1.165, 1.54) is 0 Å². The Labute approximate surface area is 109 Å². The van der Waals surface area contributed by atoms with E-state index in [1.807, 2.05) is 24.3 Å². The molecule has 90 valence electrons. The fourth-order valence-corrected chi connectivity index (χ4v) is 2.99. The van der Waals surface area contributed by atoms with Crippen molar-refractivity contribution in [2.24, 2.45) is 0 Å². The summed E-state index contributed by atoms with van der Waals surface area (Å²) in [6, 6.07) is 7.67. The second-order valence-electron chi connectivity index (χ2n) is 4.84. The van der Waals surface area contributed by atoms with Gasteiger partial charge in [-0.1, -0.05) is 12.1 Å². The van der Waals surface area contributed by atoms with Gasteiger partial charge in [0, 0.05) is 24.1 Å². The Morgan fingerprint density at radius 3 is 2.82 bits per heavy atom. The fraction of sp³-hybridized carbons (Fsp3) is 0.462. The molecule has 17 heavy (non-hydrogen) atoms. The van der Waals surface area contributed by atoms with E-state index in [4.69, 9.17) is 0 Å². The number of nitrogens with zero attached hydrogens (tertiary/aromatic N) is 1. The zero-order valence-corrected chi connectivity index (χ0v) is 11.2. The number of hydrogen-bond acceptors (Lipinski definition) is 2. The summed E-state index contributed by atoms with van der Waals surface area (Å²) in [6.07, 6.45) is 2.27. The highest BCUT2D eigenvalue weighted by Crippen LogP contribution is 2.43. The van der Waals surface area contributed by atoms with E-state index >= 15 is 0 Å². The monoisotopic (exact) mass is 294 g/mol. The lowest BCUT2D eigenvalue weighted by Crippen LogP contribution is -2.55. The minimum absolute atomic E-state index is 0.116. The van der Waals surface area contributed by atoms with Crippen molar-refractivity contribution in [2.45, 2.75) is 18.4 Å². The van der Waals surface area contributed by atoms with Crippen LogP contribution >= 0.6 is 15.9 Å². The maximum absolute atomic E-state index is 12.5. The summed E-state index contributed by atoms with van der Waals surface area (Å²) in [7, 11) is 0. The summed E-state index contributed by atoms with van der Waals surface area (Å²) in [5.74, 6) is 0.163. The number of nitrogens with one attached hydrogen (secondary N) is 1. The summed E-state index contributed by atoms with van der Waals surface area (Å²) in [6.45, 7) is 2.67. The predicted octanol–water partition coefficient (Wildman–Crippen LogP) is 2.03. The van der Waals surface area contributed by atoms with Gasteiger partial charge in [0.15, 0.2) is 0 Å². The quantitative estimate of drug-likeness (QED) is 0.860. The standard InChI is InChI=1S/C13H15BrN2O/c14-11-4-2-1-3-10(11)12(17)16-8-7-15-9-13(16)5-6-13/h1-4,15H,5-9H2. The molecule has 1 aromatic carbocycles. The first kappa shape index (κ1) is 11.2. The first-order valence-electron chi connectivity index (χ1n) is 6.00. The van der Waals surface area contributed by atoms with E-state index in [0.717, 1.165) is 42.5 Å². The maximum Gasteiger partial charge on any atom is 0.255 e. The van der Waals surface area contributed by atoms with Gasteiger partial charge < -0.3 is 10.2 Å². The van der Waals surface area contributed by atoms with Crippen LogP contribution in [0, 0.1) is 0 Å². The molecule has 0 aromatic heterocycles. The molecule has 2 fully saturated rings. The van der Waals surface area contributed by atoms with Crippen LogP contribution in [0.5, 0.6) is 0 Å². The molecular weight excluding hydrogens is 280 g/mol. The van der Waals surface area contributed by atoms with E-state index < -0.39 is 0 Å². The fourth-order valence-electron chi connectivity index (χ4n) is 2.53. The number of hydrogen-bond donors (Lipinski definition) is 1. The average Bonchev–Trinajstić information content (AvgIpc) is 3.10. The number of halogens is 1. The Morgan fingerprint density at radius 1 is 1.35 bits per heavy atom. The van der Waals surface area contributed by atoms with Crippen molar-refractivity contribution in [1.29, 1.82) is 0 Å². The van der Waals surface area contributed by atoms with Gasteiger partial charge in [-0.2, -0.15) is 0 Å². The lowest BCUT2D eigenvalue weighted by Gasteiger charge is -2.37. The average molecular weight is 295 g/mol. The number of benzene rings is 1. The molecule has 3 nitrogen and oxygen atoms in total. The summed E-state index contributed by atoms with van der Waals surface area (Å²) >= 11 is 3.46. The molecule has 1 saturated heterocycles. The molecule has 1 saturated carbocycles. The van der Waals surface area contributed by atoms with Crippen LogP contribution in [0.25, 0.3) is 0 Å². The molecule has 1 heterocycles. The number of rotatable bonds is 1. The molecule has 0 atom stereocenters. The highest BCUT2D eigenvalue weighted by Gasteiger charge is 2.51. The maximum atomic E-state index is 12.5. The van der Waals surface area contributed by atoms with Crippen molar-refractivity contribution in [3.8, 4) is 0 Å². The zero-order valence-electron chi connectivity index (χ0n) is 9.58. The minimum atomic E-state index is 0.116. The molecule has 1 aliphatic carbocycles. The minimum Gasteiger partial charge on any atom is -0.330 e. The summed E-state index contributed by atoms with van der Waals surface area (Å²) in [5.41, 5.74) is 0.894. The van der Waals surface area contributed by atoms with E-state index in [2.05, 4.69) is 26.1 Å². The van der Waals surface area contributed by atoms with E-state index in [-0.39, 0.29) is 11.4 Å². The smallest absolute Gasteiger partial charge is 0.255 e. The largest absolute Gasteiger partial charge is 0.330 e. The Bertz CT molecular complexity index is 456. The van der Waals surface area contributed by atoms with Crippen molar-refractivity contribution >= 4 is 21.8 Å². The zero-order chi connectivity index (χ0) is 11.9. The summed E-state index contributed by atoms with van der Waals surface area (Å²) in [5, 5.41) is 3.38. The highest BCUT2D eigenvalue weighted by atomic mass is 79.9. The van der Waals surface area contributed by atoms with Crippen LogP contribution in [-0.2, 0) is 0 Å². The van der Waals surface area contributed by atoms with E-state index in [0.29, 0.717) is 0 Å². The van der Waals surface area contributed by atoms with Crippen molar-refractivity contribution in [2.75, 3.05) is 19.6 Å². The third-order valence-corrected chi connectivity index (χ3v) is 4.41. The number of piperazine rings is 1. The van der Waals surface area contributed by atoms with Crippen LogP contribution in [0.2, 0.25) is 0 Å². The molecule has 1 spiro atoms. The van der Waals surface area contributed by atoms with E-state index in [9.17, 15) is 4.79 Å². The molecule has 0 radical (unpaired) electrons. The normalized spacial score (nSPS) is 21.6. The van der Waals surface area contributed by atoms with Gasteiger partial charge in [-0.25, -0.2) is 0 Å². The SMILES string of the molecule is O=C(c1ccccc1Br)N1CCNCC12CC2. The van der Waals surface area contributed by atoms with Crippen molar-refractivity contribution < 1.29 is 4.79 Å². The highest BCUT2D eigenvalue weighted by molar-refractivity contribution is 9.10. The predicted molar refractivity (Wildman–Crippen MR) is 70.0 cm³/mol. The Hall–Kier alpha value is -0.870. The van der Waals surface area contributed by atoms with Crippen LogP contribution in [-0.4, -0.2) is 36.0 Å². The second kappa shape index (κ2) is 4.10. The summed E-state index contributed by atoms with van der Waals surface area (Å²) in [4.78, 5) is 14.6. The van der Waals surface area contributed by atoms with Crippen molar-refractivity contribution in [3.05, 3.63) is 34.3 Å². The van der Waals surface area contributed by atoms with Crippen LogP contribution in [0.15, 0.2) is 28.7 Å². The number of carbonyl (C=O) groups excluding carboxylic acids is 1. The third kappa shape index (κ3) is 1.89. The van der Waals surface area contributed by atoms with Gasteiger partial charge in [0.25, 0.3) is 5.91 Å². The van der Waals surface area contributed by atoms with Crippen LogP contribution < -0.4 is 5.32 Å². The van der Waals surface area contributed by atoms with Crippen LogP contribution in [0.3, 0.4) is 0 Å². The van der Waals surface area contributed by atoms with Gasteiger partial charge in [0.2, 0.25) is 0 Å². The second-order valence-corrected chi connectivity index (χ2v) is 5.69. The topological polar surface area (TPSA) is 32.3 Å². The first-order valence-corrected chi connectivity index (χ1v) is 6.79. The van der Waals surface area contributed by atoms with E-state index in [1.54, 1.807) is 0 Å². The molecule has 1 amide bonds. The van der Waals surface area contributed by atoms with Gasteiger partial charge >= 0.3 is 0 Å². The van der Waals surface area contributed by atoms with Gasteiger partial charge in [0.05, 0.1) is 11.1 Å². The lowest BCUT2D eigenvalue weighted by molar-refractivity contribution is 0.0599. The molecule has 4 heteroatoms. The number of amides is 1. The molecule has 2 aliphatic rings. The molecule has 0 unspecified atom stereocenters. The molecule has 1 aromatic rings. The molecule has 1 N–H and O–H groups in total. The Balaban J connectivity index is 1.89. The first-order chi connectivity index (χ1) is 8.23. The molecular formula is C13H15BrN2O. The third-order valence-electron chi connectivity index (χ3n) is 3.72. The Morgan fingerprint density at radius 2 is 2.12 bits per heavy atom. The lowest BCUT2D eigenvalue weighted by atomic mass is 10.1. The van der Waals surface area contributed by atoms with Gasteiger partial charge in [-0.15, -0.1) is 0 Å². The molecule has 0 bridgehead atoms.